The van der Waals surface area contributed by atoms with Gasteiger partial charge in [-0.3, -0.25) is 0 Å². The maximum absolute atomic E-state index is 5.64. The second-order valence-corrected chi connectivity index (χ2v) is 4.68. The predicted octanol–water partition coefficient (Wildman–Crippen LogP) is 3.70. The van der Waals surface area contributed by atoms with Crippen molar-refractivity contribution in [1.29, 1.82) is 0 Å². The molecule has 2 rings (SSSR count). The number of benzene rings is 1. The zero-order valence-corrected chi connectivity index (χ0v) is 13.0. The van der Waals surface area contributed by atoms with E-state index in [0.717, 1.165) is 34.2 Å². The molecule has 1 N–H and O–H groups in total. The van der Waals surface area contributed by atoms with Gasteiger partial charge in [-0.15, -0.1) is 0 Å². The number of hydrogen-bond donors (Lipinski definition) is 1. The minimum atomic E-state index is 0.619. The maximum Gasteiger partial charge on any atom is 0.142 e. The number of nitrogens with one attached hydrogen (secondary N) is 1. The van der Waals surface area contributed by atoms with Crippen molar-refractivity contribution in [1.82, 2.24) is 5.16 Å². The third-order valence-electron chi connectivity index (χ3n) is 3.20. The van der Waals surface area contributed by atoms with E-state index in [1.54, 1.807) is 0 Å². The average molecular weight is 290 g/mol. The van der Waals surface area contributed by atoms with E-state index in [4.69, 9.17) is 14.0 Å². The molecule has 0 atom stereocenters. The van der Waals surface area contributed by atoms with E-state index in [9.17, 15) is 0 Å². The maximum atomic E-state index is 5.64. The molecular weight excluding hydrogens is 268 g/mol. The normalized spacial score (nSPS) is 10.5. The van der Waals surface area contributed by atoms with Gasteiger partial charge in [-0.05, 0) is 39.8 Å². The van der Waals surface area contributed by atoms with Gasteiger partial charge in [0.05, 0.1) is 24.6 Å². The fourth-order valence-corrected chi connectivity index (χ4v) is 2.12. The Morgan fingerprint density at radius 2 is 1.90 bits per heavy atom. The second-order valence-electron chi connectivity index (χ2n) is 4.68. The van der Waals surface area contributed by atoms with Crippen molar-refractivity contribution in [2.24, 2.45) is 0 Å². The molecule has 5 heteroatoms. The average Bonchev–Trinajstić information content (AvgIpc) is 2.79. The van der Waals surface area contributed by atoms with Crippen LogP contribution in [0.2, 0.25) is 0 Å². The van der Waals surface area contributed by atoms with E-state index in [1.165, 1.54) is 0 Å². The Labute approximate surface area is 125 Å². The van der Waals surface area contributed by atoms with Crippen LogP contribution in [0.25, 0.3) is 0 Å². The van der Waals surface area contributed by atoms with Crippen molar-refractivity contribution in [3.63, 3.8) is 0 Å². The lowest BCUT2D eigenvalue weighted by Gasteiger charge is -2.14. The molecule has 1 heterocycles. The molecule has 0 aliphatic rings. The van der Waals surface area contributed by atoms with Gasteiger partial charge < -0.3 is 19.3 Å². The zero-order chi connectivity index (χ0) is 15.2. The monoisotopic (exact) mass is 290 g/mol. The molecule has 1 aromatic heterocycles. The summed E-state index contributed by atoms with van der Waals surface area (Å²) in [5.74, 6) is 2.47. The summed E-state index contributed by atoms with van der Waals surface area (Å²) in [5.41, 5.74) is 2.88. The molecule has 0 fully saturated rings. The van der Waals surface area contributed by atoms with Crippen molar-refractivity contribution < 1.29 is 14.0 Å². The van der Waals surface area contributed by atoms with E-state index >= 15 is 0 Å². The van der Waals surface area contributed by atoms with Gasteiger partial charge in [0.15, 0.2) is 0 Å². The van der Waals surface area contributed by atoms with Gasteiger partial charge in [0.25, 0.3) is 0 Å². The minimum absolute atomic E-state index is 0.619. The van der Waals surface area contributed by atoms with Crippen LogP contribution in [0.4, 0.5) is 5.69 Å². The van der Waals surface area contributed by atoms with Crippen LogP contribution in [0.1, 0.15) is 30.9 Å². The first kappa shape index (κ1) is 15.2. The van der Waals surface area contributed by atoms with E-state index in [0.29, 0.717) is 19.8 Å². The minimum Gasteiger partial charge on any atom is -0.494 e. The van der Waals surface area contributed by atoms with Gasteiger partial charge in [-0.2, -0.15) is 0 Å². The predicted molar refractivity (Wildman–Crippen MR) is 82.1 cm³/mol. The lowest BCUT2D eigenvalue weighted by atomic mass is 10.2. The molecule has 114 valence electrons. The molecule has 0 aliphatic carbocycles. The lowest BCUT2D eigenvalue weighted by Crippen LogP contribution is -2.05. The van der Waals surface area contributed by atoms with Crippen molar-refractivity contribution in [2.75, 3.05) is 18.5 Å². The van der Waals surface area contributed by atoms with Crippen LogP contribution in [0.15, 0.2) is 22.7 Å². The van der Waals surface area contributed by atoms with Crippen LogP contribution in [0.5, 0.6) is 11.5 Å². The Bertz CT molecular complexity index is 574. The molecule has 1 aromatic carbocycles. The Morgan fingerprint density at radius 3 is 2.52 bits per heavy atom. The summed E-state index contributed by atoms with van der Waals surface area (Å²) in [6.07, 6.45) is 0. The molecule has 0 spiro atoms. The first-order valence-corrected chi connectivity index (χ1v) is 7.21. The third kappa shape index (κ3) is 3.68. The van der Waals surface area contributed by atoms with Gasteiger partial charge in [0, 0.05) is 18.2 Å². The highest BCUT2D eigenvalue weighted by Crippen LogP contribution is 2.30. The Morgan fingerprint density at radius 1 is 1.14 bits per heavy atom. The highest BCUT2D eigenvalue weighted by atomic mass is 16.5. The number of aryl methyl sites for hydroxylation is 2. The van der Waals surface area contributed by atoms with Crippen LogP contribution in [-0.2, 0) is 6.54 Å². The van der Waals surface area contributed by atoms with Crippen LogP contribution in [0, 0.1) is 13.8 Å². The Kier molecular flexibility index (Phi) is 5.09. The van der Waals surface area contributed by atoms with Gasteiger partial charge in [0.2, 0.25) is 0 Å². The molecule has 21 heavy (non-hydrogen) atoms. The fraction of sp³-hybridized carbons (Fsp3) is 0.438. The van der Waals surface area contributed by atoms with E-state index in [-0.39, 0.29) is 0 Å². The summed E-state index contributed by atoms with van der Waals surface area (Å²) in [6, 6.07) is 5.78. The molecule has 0 unspecified atom stereocenters. The van der Waals surface area contributed by atoms with E-state index in [1.807, 2.05) is 45.9 Å². The molecule has 0 bridgehead atoms. The summed E-state index contributed by atoms with van der Waals surface area (Å²) < 4.78 is 16.4. The standard InChI is InChI=1S/C16H22N2O3/c1-5-19-13-7-8-16(20-6-2)15(9-13)17-10-14-11(3)18-21-12(14)4/h7-9,17H,5-6,10H2,1-4H3. The molecule has 5 nitrogen and oxygen atoms in total. The highest BCUT2D eigenvalue weighted by molar-refractivity contribution is 5.60. The van der Waals surface area contributed by atoms with Crippen LogP contribution < -0.4 is 14.8 Å². The van der Waals surface area contributed by atoms with Gasteiger partial charge >= 0.3 is 0 Å². The fourth-order valence-electron chi connectivity index (χ4n) is 2.12. The van der Waals surface area contributed by atoms with Crippen molar-refractivity contribution in [2.45, 2.75) is 34.2 Å². The first-order chi connectivity index (χ1) is 10.2. The summed E-state index contributed by atoms with van der Waals surface area (Å²) in [6.45, 7) is 9.68. The highest BCUT2D eigenvalue weighted by Gasteiger charge is 2.11. The molecule has 0 radical (unpaired) electrons. The summed E-state index contributed by atoms with van der Waals surface area (Å²) in [5, 5.41) is 7.34. The van der Waals surface area contributed by atoms with Crippen molar-refractivity contribution >= 4 is 5.69 Å². The van der Waals surface area contributed by atoms with Crippen molar-refractivity contribution in [3.8, 4) is 11.5 Å². The molecule has 2 aromatic rings. The lowest BCUT2D eigenvalue weighted by molar-refractivity contribution is 0.332. The van der Waals surface area contributed by atoms with E-state index in [2.05, 4.69) is 10.5 Å². The van der Waals surface area contributed by atoms with Crippen molar-refractivity contribution in [3.05, 3.63) is 35.2 Å². The molecular formula is C16H22N2O3. The third-order valence-corrected chi connectivity index (χ3v) is 3.20. The molecule has 0 saturated carbocycles. The van der Waals surface area contributed by atoms with E-state index < -0.39 is 0 Å². The topological polar surface area (TPSA) is 56.5 Å². The van der Waals surface area contributed by atoms with Gasteiger partial charge in [-0.25, -0.2) is 0 Å². The zero-order valence-electron chi connectivity index (χ0n) is 13.0. The number of rotatable bonds is 7. The SMILES string of the molecule is CCOc1ccc(OCC)c(NCc2c(C)noc2C)c1. The van der Waals surface area contributed by atoms with Gasteiger partial charge in [0.1, 0.15) is 17.3 Å². The Hall–Kier alpha value is -2.17. The molecule has 0 saturated heterocycles. The molecule has 0 aliphatic heterocycles. The van der Waals surface area contributed by atoms with Crippen LogP contribution in [-0.4, -0.2) is 18.4 Å². The summed E-state index contributed by atoms with van der Waals surface area (Å²) >= 11 is 0. The number of ether oxygens (including phenoxy) is 2. The molecule has 0 amide bonds. The first-order valence-electron chi connectivity index (χ1n) is 7.21. The number of anilines is 1. The van der Waals surface area contributed by atoms with Crippen LogP contribution in [0.3, 0.4) is 0 Å². The Balaban J connectivity index is 2.18. The number of hydrogen-bond acceptors (Lipinski definition) is 5. The number of nitrogens with zero attached hydrogens (tertiary/aromatic N) is 1. The van der Waals surface area contributed by atoms with Gasteiger partial charge in [-0.1, -0.05) is 5.16 Å². The summed E-state index contributed by atoms with van der Waals surface area (Å²) in [4.78, 5) is 0. The summed E-state index contributed by atoms with van der Waals surface area (Å²) in [7, 11) is 0. The largest absolute Gasteiger partial charge is 0.494 e. The van der Waals surface area contributed by atoms with Crippen LogP contribution >= 0.6 is 0 Å². The second kappa shape index (κ2) is 7.02. The number of aromatic nitrogens is 1. The smallest absolute Gasteiger partial charge is 0.142 e. The quantitative estimate of drug-likeness (QED) is 0.842.